The standard InChI is InChI=1S/C17H22N6O2/c1-12-4-6-18-16(10-12)21-15-3-2-14(22-23-15)19-7-8-20-17(24)13-5-9-25-11-13/h2-4,6,10,13H,5,7-9,11H2,1H3,(H,19,22)(H,20,24)(H,18,21,23)/t13-/m0/s1. The summed E-state index contributed by atoms with van der Waals surface area (Å²) in [6, 6.07) is 7.53. The van der Waals surface area contributed by atoms with E-state index < -0.39 is 0 Å². The molecular weight excluding hydrogens is 320 g/mol. The third kappa shape index (κ3) is 5.12. The number of amides is 1. The molecule has 2 aromatic heterocycles. The molecule has 3 rings (SSSR count). The van der Waals surface area contributed by atoms with Crippen LogP contribution in [-0.2, 0) is 9.53 Å². The molecule has 1 atom stereocenters. The Morgan fingerprint density at radius 1 is 1.20 bits per heavy atom. The number of rotatable bonds is 7. The van der Waals surface area contributed by atoms with Crippen molar-refractivity contribution in [2.24, 2.45) is 5.92 Å². The fraction of sp³-hybridized carbons (Fsp3) is 0.412. The first-order valence-corrected chi connectivity index (χ1v) is 8.33. The molecule has 1 aliphatic rings. The van der Waals surface area contributed by atoms with E-state index in [0.717, 1.165) is 17.8 Å². The monoisotopic (exact) mass is 342 g/mol. The van der Waals surface area contributed by atoms with Gasteiger partial charge in [0.2, 0.25) is 5.91 Å². The van der Waals surface area contributed by atoms with Gasteiger partial charge in [-0.15, -0.1) is 10.2 Å². The molecule has 3 heterocycles. The first kappa shape index (κ1) is 17.1. The number of aromatic nitrogens is 3. The summed E-state index contributed by atoms with van der Waals surface area (Å²) in [6.07, 6.45) is 2.54. The van der Waals surface area contributed by atoms with E-state index in [0.29, 0.717) is 37.9 Å². The Morgan fingerprint density at radius 2 is 2.04 bits per heavy atom. The number of ether oxygens (including phenoxy) is 1. The highest BCUT2D eigenvalue weighted by atomic mass is 16.5. The van der Waals surface area contributed by atoms with E-state index in [4.69, 9.17) is 4.74 Å². The molecule has 1 amide bonds. The van der Waals surface area contributed by atoms with Crippen LogP contribution in [0.15, 0.2) is 30.5 Å². The molecule has 0 bridgehead atoms. The Bertz CT molecular complexity index is 701. The molecule has 0 spiro atoms. The topological polar surface area (TPSA) is 101 Å². The maximum absolute atomic E-state index is 11.8. The summed E-state index contributed by atoms with van der Waals surface area (Å²) in [5.41, 5.74) is 1.12. The third-order valence-corrected chi connectivity index (χ3v) is 3.87. The van der Waals surface area contributed by atoms with Crippen LogP contribution < -0.4 is 16.0 Å². The fourth-order valence-corrected chi connectivity index (χ4v) is 2.49. The minimum Gasteiger partial charge on any atom is -0.381 e. The minimum atomic E-state index is -0.0135. The number of nitrogens with one attached hydrogen (secondary N) is 3. The molecule has 8 heteroatoms. The second-order valence-electron chi connectivity index (χ2n) is 5.93. The number of aryl methyl sites for hydroxylation is 1. The van der Waals surface area contributed by atoms with Crippen molar-refractivity contribution >= 4 is 23.4 Å². The predicted molar refractivity (Wildman–Crippen MR) is 94.7 cm³/mol. The van der Waals surface area contributed by atoms with E-state index in [-0.39, 0.29) is 11.8 Å². The van der Waals surface area contributed by atoms with Crippen molar-refractivity contribution in [1.29, 1.82) is 0 Å². The smallest absolute Gasteiger partial charge is 0.225 e. The molecular formula is C17H22N6O2. The Hall–Kier alpha value is -2.74. The van der Waals surface area contributed by atoms with Crippen molar-refractivity contribution < 1.29 is 9.53 Å². The van der Waals surface area contributed by atoms with Crippen LogP contribution >= 0.6 is 0 Å². The van der Waals surface area contributed by atoms with Gasteiger partial charge in [0.15, 0.2) is 5.82 Å². The zero-order valence-electron chi connectivity index (χ0n) is 14.2. The van der Waals surface area contributed by atoms with Crippen LogP contribution in [0.3, 0.4) is 0 Å². The maximum atomic E-state index is 11.8. The predicted octanol–water partition coefficient (Wildman–Crippen LogP) is 1.49. The van der Waals surface area contributed by atoms with Gasteiger partial charge >= 0.3 is 0 Å². The van der Waals surface area contributed by atoms with Crippen molar-refractivity contribution in [1.82, 2.24) is 20.5 Å². The maximum Gasteiger partial charge on any atom is 0.225 e. The zero-order chi connectivity index (χ0) is 17.5. The average molecular weight is 342 g/mol. The molecule has 25 heavy (non-hydrogen) atoms. The molecule has 0 saturated carbocycles. The van der Waals surface area contributed by atoms with E-state index in [1.807, 2.05) is 31.2 Å². The summed E-state index contributed by atoms with van der Waals surface area (Å²) in [6.45, 7) is 4.31. The molecule has 132 valence electrons. The lowest BCUT2D eigenvalue weighted by Gasteiger charge is -2.10. The van der Waals surface area contributed by atoms with Gasteiger partial charge in [-0.25, -0.2) is 4.98 Å². The van der Waals surface area contributed by atoms with Crippen molar-refractivity contribution in [2.75, 3.05) is 36.9 Å². The molecule has 8 nitrogen and oxygen atoms in total. The van der Waals surface area contributed by atoms with Crippen molar-refractivity contribution in [2.45, 2.75) is 13.3 Å². The van der Waals surface area contributed by atoms with Crippen LogP contribution in [0.5, 0.6) is 0 Å². The van der Waals surface area contributed by atoms with Gasteiger partial charge in [0.25, 0.3) is 0 Å². The molecule has 0 aliphatic carbocycles. The molecule has 1 fully saturated rings. The lowest BCUT2D eigenvalue weighted by atomic mass is 10.1. The van der Waals surface area contributed by atoms with Crippen LogP contribution in [0.1, 0.15) is 12.0 Å². The number of carbonyl (C=O) groups excluding carboxylic acids is 1. The number of pyridine rings is 1. The molecule has 0 unspecified atom stereocenters. The number of hydrogen-bond acceptors (Lipinski definition) is 7. The Morgan fingerprint density at radius 3 is 2.76 bits per heavy atom. The van der Waals surface area contributed by atoms with Crippen LogP contribution in [0.25, 0.3) is 0 Å². The van der Waals surface area contributed by atoms with E-state index in [1.54, 1.807) is 6.20 Å². The Labute approximate surface area is 146 Å². The summed E-state index contributed by atoms with van der Waals surface area (Å²) in [5.74, 6) is 2.05. The van der Waals surface area contributed by atoms with Gasteiger partial charge in [-0.2, -0.15) is 0 Å². The molecule has 2 aromatic rings. The lowest BCUT2D eigenvalue weighted by Crippen LogP contribution is -2.34. The number of hydrogen-bond donors (Lipinski definition) is 3. The normalized spacial score (nSPS) is 16.4. The van der Waals surface area contributed by atoms with E-state index in [1.165, 1.54) is 0 Å². The average Bonchev–Trinajstić information content (AvgIpc) is 3.15. The molecule has 0 radical (unpaired) electrons. The molecule has 1 aliphatic heterocycles. The highest BCUT2D eigenvalue weighted by molar-refractivity contribution is 5.79. The van der Waals surface area contributed by atoms with Gasteiger partial charge in [0.05, 0.1) is 12.5 Å². The van der Waals surface area contributed by atoms with E-state index in [9.17, 15) is 4.79 Å². The van der Waals surface area contributed by atoms with Gasteiger partial charge in [-0.3, -0.25) is 4.79 Å². The van der Waals surface area contributed by atoms with Gasteiger partial charge in [-0.05, 0) is 43.2 Å². The van der Waals surface area contributed by atoms with Crippen LogP contribution in [0.2, 0.25) is 0 Å². The summed E-state index contributed by atoms with van der Waals surface area (Å²) >= 11 is 0. The second kappa shape index (κ2) is 8.39. The number of anilines is 3. The second-order valence-corrected chi connectivity index (χ2v) is 5.93. The molecule has 0 aromatic carbocycles. The molecule has 1 saturated heterocycles. The summed E-state index contributed by atoms with van der Waals surface area (Å²) < 4.78 is 5.21. The van der Waals surface area contributed by atoms with Crippen molar-refractivity contribution in [3.05, 3.63) is 36.0 Å². The highest BCUT2D eigenvalue weighted by Crippen LogP contribution is 2.13. The fourth-order valence-electron chi connectivity index (χ4n) is 2.49. The summed E-state index contributed by atoms with van der Waals surface area (Å²) in [5, 5.41) is 17.3. The van der Waals surface area contributed by atoms with E-state index in [2.05, 4.69) is 31.1 Å². The third-order valence-electron chi connectivity index (χ3n) is 3.87. The highest BCUT2D eigenvalue weighted by Gasteiger charge is 2.22. The van der Waals surface area contributed by atoms with Gasteiger partial charge in [-0.1, -0.05) is 0 Å². The van der Waals surface area contributed by atoms with Crippen molar-refractivity contribution in [3.63, 3.8) is 0 Å². The lowest BCUT2D eigenvalue weighted by molar-refractivity contribution is -0.124. The first-order chi connectivity index (χ1) is 12.2. The summed E-state index contributed by atoms with van der Waals surface area (Å²) in [4.78, 5) is 16.1. The zero-order valence-corrected chi connectivity index (χ0v) is 14.2. The van der Waals surface area contributed by atoms with Gasteiger partial charge < -0.3 is 20.7 Å². The quantitative estimate of drug-likeness (QED) is 0.655. The van der Waals surface area contributed by atoms with E-state index >= 15 is 0 Å². The Kier molecular flexibility index (Phi) is 5.73. The van der Waals surface area contributed by atoms with Crippen molar-refractivity contribution in [3.8, 4) is 0 Å². The van der Waals surface area contributed by atoms with Gasteiger partial charge in [0, 0.05) is 25.9 Å². The number of carbonyl (C=O) groups is 1. The van der Waals surface area contributed by atoms with Crippen LogP contribution in [0.4, 0.5) is 17.5 Å². The van der Waals surface area contributed by atoms with Gasteiger partial charge in [0.1, 0.15) is 11.6 Å². The number of nitrogens with zero attached hydrogens (tertiary/aromatic N) is 3. The SMILES string of the molecule is Cc1ccnc(Nc2ccc(NCCNC(=O)[C@H]3CCOC3)nn2)c1. The molecule has 3 N–H and O–H groups in total. The first-order valence-electron chi connectivity index (χ1n) is 8.33. The van der Waals surface area contributed by atoms with Crippen LogP contribution in [0, 0.1) is 12.8 Å². The Balaban J connectivity index is 1.41. The minimum absolute atomic E-state index is 0.0135. The summed E-state index contributed by atoms with van der Waals surface area (Å²) in [7, 11) is 0. The largest absolute Gasteiger partial charge is 0.381 e. The van der Waals surface area contributed by atoms with Crippen LogP contribution in [-0.4, -0.2) is 47.4 Å².